The van der Waals surface area contributed by atoms with Gasteiger partial charge in [0, 0.05) is 0 Å². The molecule has 0 unspecified atom stereocenters. The summed E-state index contributed by atoms with van der Waals surface area (Å²) in [5.41, 5.74) is 3.34. The van der Waals surface area contributed by atoms with Crippen molar-refractivity contribution in [3.8, 4) is 23.2 Å². The molecule has 2 aromatic carbocycles. The van der Waals surface area contributed by atoms with E-state index in [9.17, 15) is 4.39 Å². The first-order chi connectivity index (χ1) is 13.6. The van der Waals surface area contributed by atoms with E-state index in [1.54, 1.807) is 34.7 Å². The number of nitriles is 1. The Labute approximate surface area is 161 Å². The Morgan fingerprint density at radius 3 is 2.82 bits per heavy atom. The van der Waals surface area contributed by atoms with Crippen LogP contribution in [0.15, 0.2) is 36.4 Å². The molecule has 4 rings (SSSR count). The van der Waals surface area contributed by atoms with E-state index in [0.29, 0.717) is 51.7 Å². The van der Waals surface area contributed by atoms with E-state index in [2.05, 4.69) is 28.2 Å². The number of unbranched alkanes of at least 4 members (excludes halogenated alkanes) is 1. The summed E-state index contributed by atoms with van der Waals surface area (Å²) in [6.07, 6.45) is 1.95. The zero-order valence-electron chi connectivity index (χ0n) is 15.6. The lowest BCUT2D eigenvalue weighted by molar-refractivity contribution is 0.309. The van der Waals surface area contributed by atoms with E-state index < -0.39 is 5.82 Å². The van der Waals surface area contributed by atoms with Crippen molar-refractivity contribution >= 4 is 16.7 Å². The molecule has 0 aliphatic heterocycles. The average molecular weight is 375 g/mol. The van der Waals surface area contributed by atoms with Gasteiger partial charge in [-0.1, -0.05) is 13.3 Å². The summed E-state index contributed by atoms with van der Waals surface area (Å²) in [5, 5.41) is 17.6. The molecule has 0 bridgehead atoms. The molecule has 28 heavy (non-hydrogen) atoms. The van der Waals surface area contributed by atoms with Crippen molar-refractivity contribution in [2.75, 3.05) is 6.61 Å². The molecule has 0 aliphatic rings. The number of hydrogen-bond acceptors (Lipinski definition) is 5. The standard InChI is InChI=1S/C21H18FN5O/c1-3-4-9-28-15-6-7-17(22)16(11-15)21-26-25-20-13(2)24-18-10-14(12-23)5-8-19(18)27(20)21/h5-8,10-11H,3-4,9H2,1-2H3. The minimum atomic E-state index is -0.409. The molecule has 0 saturated carbocycles. The van der Waals surface area contributed by atoms with Crippen LogP contribution in [-0.2, 0) is 0 Å². The monoisotopic (exact) mass is 375 g/mol. The summed E-state index contributed by atoms with van der Waals surface area (Å²) >= 11 is 0. The SMILES string of the molecule is CCCCOc1ccc(F)c(-c2nnc3c(C)nc4cc(C#N)ccc4n23)c1. The first-order valence-corrected chi connectivity index (χ1v) is 9.10. The molecule has 0 atom stereocenters. The molecule has 0 fully saturated rings. The molecule has 0 amide bonds. The van der Waals surface area contributed by atoms with Gasteiger partial charge in [0.25, 0.3) is 0 Å². The molecular formula is C21H18FN5O. The van der Waals surface area contributed by atoms with Crippen molar-refractivity contribution in [3.05, 3.63) is 53.5 Å². The lowest BCUT2D eigenvalue weighted by atomic mass is 10.1. The van der Waals surface area contributed by atoms with Crippen LogP contribution in [0, 0.1) is 24.1 Å². The molecule has 0 radical (unpaired) electrons. The van der Waals surface area contributed by atoms with Gasteiger partial charge in [-0.3, -0.25) is 4.40 Å². The molecule has 0 spiro atoms. The minimum absolute atomic E-state index is 0.303. The predicted molar refractivity (Wildman–Crippen MR) is 104 cm³/mol. The molecule has 0 aliphatic carbocycles. The maximum atomic E-state index is 14.7. The highest BCUT2D eigenvalue weighted by atomic mass is 19.1. The fourth-order valence-electron chi connectivity index (χ4n) is 3.12. The second-order valence-electron chi connectivity index (χ2n) is 6.54. The lowest BCUT2D eigenvalue weighted by Crippen LogP contribution is -2.00. The van der Waals surface area contributed by atoms with Crippen LogP contribution in [0.25, 0.3) is 28.1 Å². The number of benzene rings is 2. The number of hydrogen-bond donors (Lipinski definition) is 0. The van der Waals surface area contributed by atoms with E-state index in [1.807, 2.05) is 6.92 Å². The Balaban J connectivity index is 1.92. The first kappa shape index (κ1) is 17.9. The number of aromatic nitrogens is 4. The third-order valence-electron chi connectivity index (χ3n) is 4.57. The maximum Gasteiger partial charge on any atom is 0.183 e. The Kier molecular flexibility index (Phi) is 4.62. The average Bonchev–Trinajstić information content (AvgIpc) is 3.15. The fourth-order valence-corrected chi connectivity index (χ4v) is 3.12. The molecule has 2 heterocycles. The molecule has 2 aromatic heterocycles. The van der Waals surface area contributed by atoms with Gasteiger partial charge in [0.1, 0.15) is 11.6 Å². The van der Waals surface area contributed by atoms with Gasteiger partial charge in [-0.2, -0.15) is 5.26 Å². The van der Waals surface area contributed by atoms with Crippen LogP contribution in [0.4, 0.5) is 4.39 Å². The van der Waals surface area contributed by atoms with Gasteiger partial charge >= 0.3 is 0 Å². The topological polar surface area (TPSA) is 76.1 Å². The maximum absolute atomic E-state index is 14.7. The largest absolute Gasteiger partial charge is 0.494 e. The Morgan fingerprint density at radius 1 is 1.18 bits per heavy atom. The molecule has 4 aromatic rings. The van der Waals surface area contributed by atoms with Gasteiger partial charge in [-0.05, 0) is 49.7 Å². The summed E-state index contributed by atoms with van der Waals surface area (Å²) in [5.74, 6) is 0.547. The zero-order chi connectivity index (χ0) is 19.7. The second-order valence-corrected chi connectivity index (χ2v) is 6.54. The zero-order valence-corrected chi connectivity index (χ0v) is 15.6. The number of fused-ring (bicyclic) bond motifs is 3. The molecule has 6 nitrogen and oxygen atoms in total. The van der Waals surface area contributed by atoms with Gasteiger partial charge in [0.05, 0.1) is 40.5 Å². The number of aryl methyl sites for hydroxylation is 1. The molecule has 0 saturated heterocycles. The van der Waals surface area contributed by atoms with Crippen LogP contribution >= 0.6 is 0 Å². The molecule has 0 N–H and O–H groups in total. The van der Waals surface area contributed by atoms with E-state index >= 15 is 0 Å². The van der Waals surface area contributed by atoms with Crippen LogP contribution in [0.1, 0.15) is 31.0 Å². The van der Waals surface area contributed by atoms with Crippen LogP contribution in [0.5, 0.6) is 5.75 Å². The van der Waals surface area contributed by atoms with Crippen LogP contribution < -0.4 is 4.74 Å². The number of rotatable bonds is 5. The third kappa shape index (κ3) is 3.03. The summed E-state index contributed by atoms with van der Waals surface area (Å²) in [6, 6.07) is 11.9. The van der Waals surface area contributed by atoms with Crippen molar-refractivity contribution in [1.82, 2.24) is 19.6 Å². The fraction of sp³-hybridized carbons (Fsp3) is 0.238. The molecular weight excluding hydrogens is 357 g/mol. The van der Waals surface area contributed by atoms with E-state index in [0.717, 1.165) is 12.8 Å². The van der Waals surface area contributed by atoms with E-state index in [-0.39, 0.29) is 0 Å². The number of nitrogens with zero attached hydrogens (tertiary/aromatic N) is 5. The second kappa shape index (κ2) is 7.24. The van der Waals surface area contributed by atoms with Crippen LogP contribution in [0.2, 0.25) is 0 Å². The van der Waals surface area contributed by atoms with Gasteiger partial charge in [0.2, 0.25) is 0 Å². The van der Waals surface area contributed by atoms with Crippen molar-refractivity contribution in [2.45, 2.75) is 26.7 Å². The predicted octanol–water partition coefficient (Wildman–Crippen LogP) is 4.44. The van der Waals surface area contributed by atoms with Crippen LogP contribution in [-0.4, -0.2) is 26.2 Å². The Hall–Kier alpha value is -3.53. The normalized spacial score (nSPS) is 11.1. The highest BCUT2D eigenvalue weighted by Crippen LogP contribution is 2.29. The highest BCUT2D eigenvalue weighted by molar-refractivity contribution is 5.82. The number of halogens is 1. The van der Waals surface area contributed by atoms with Gasteiger partial charge in [0.15, 0.2) is 11.5 Å². The smallest absolute Gasteiger partial charge is 0.183 e. The molecule has 7 heteroatoms. The summed E-state index contributed by atoms with van der Waals surface area (Å²) in [4.78, 5) is 4.52. The first-order valence-electron chi connectivity index (χ1n) is 9.10. The Bertz CT molecular complexity index is 1230. The van der Waals surface area contributed by atoms with Crippen molar-refractivity contribution in [3.63, 3.8) is 0 Å². The van der Waals surface area contributed by atoms with E-state index in [1.165, 1.54) is 6.07 Å². The van der Waals surface area contributed by atoms with Gasteiger partial charge < -0.3 is 4.74 Å². The quantitative estimate of drug-likeness (QED) is 0.482. The Morgan fingerprint density at radius 2 is 2.04 bits per heavy atom. The van der Waals surface area contributed by atoms with Gasteiger partial charge in [-0.25, -0.2) is 9.37 Å². The summed E-state index contributed by atoms with van der Waals surface area (Å²) < 4.78 is 22.2. The van der Waals surface area contributed by atoms with Crippen molar-refractivity contribution in [1.29, 1.82) is 5.26 Å². The van der Waals surface area contributed by atoms with Crippen molar-refractivity contribution < 1.29 is 9.13 Å². The minimum Gasteiger partial charge on any atom is -0.494 e. The van der Waals surface area contributed by atoms with Crippen molar-refractivity contribution in [2.24, 2.45) is 0 Å². The number of ether oxygens (including phenoxy) is 1. The van der Waals surface area contributed by atoms with Gasteiger partial charge in [-0.15, -0.1) is 10.2 Å². The summed E-state index contributed by atoms with van der Waals surface area (Å²) in [7, 11) is 0. The summed E-state index contributed by atoms with van der Waals surface area (Å²) in [6.45, 7) is 4.47. The van der Waals surface area contributed by atoms with E-state index in [4.69, 9.17) is 10.00 Å². The highest BCUT2D eigenvalue weighted by Gasteiger charge is 2.18. The molecule has 140 valence electrons. The lowest BCUT2D eigenvalue weighted by Gasteiger charge is -2.10. The van der Waals surface area contributed by atoms with Crippen LogP contribution in [0.3, 0.4) is 0 Å². The third-order valence-corrected chi connectivity index (χ3v) is 4.57.